The van der Waals surface area contributed by atoms with Gasteiger partial charge in [-0.3, -0.25) is 5.10 Å². The molecule has 2 amide bonds. The molecule has 1 heterocycles. The Morgan fingerprint density at radius 3 is 2.52 bits per heavy atom. The van der Waals surface area contributed by atoms with Crippen molar-refractivity contribution in [1.82, 2.24) is 15.5 Å². The molecule has 0 unspecified atom stereocenters. The van der Waals surface area contributed by atoms with Gasteiger partial charge in [0.25, 0.3) is 0 Å². The Balaban J connectivity index is 1.56. The minimum absolute atomic E-state index is 0.115. The average Bonchev–Trinajstić information content (AvgIpc) is 3.03. The number of H-pyrrole nitrogens is 1. The first-order valence-electron chi connectivity index (χ1n) is 7.48. The van der Waals surface area contributed by atoms with E-state index in [2.05, 4.69) is 20.8 Å². The number of nitrogens with one attached hydrogen (secondary N) is 3. The van der Waals surface area contributed by atoms with Gasteiger partial charge in [-0.05, 0) is 36.6 Å². The van der Waals surface area contributed by atoms with Gasteiger partial charge in [0.05, 0.1) is 5.69 Å². The van der Waals surface area contributed by atoms with Crippen LogP contribution in [0.3, 0.4) is 0 Å². The molecule has 1 aliphatic carbocycles. The Hall–Kier alpha value is -2.30. The SMILES string of the molecule is O=C(Nc1ccc(-c2ccn[nH]2)cc1)NC1CCCCC1. The van der Waals surface area contributed by atoms with Gasteiger partial charge in [-0.25, -0.2) is 4.79 Å². The predicted octanol–water partition coefficient (Wildman–Crippen LogP) is 3.53. The fourth-order valence-electron chi connectivity index (χ4n) is 2.75. The normalized spacial score (nSPS) is 15.6. The molecule has 3 rings (SSSR count). The van der Waals surface area contributed by atoms with Gasteiger partial charge in [-0.2, -0.15) is 5.10 Å². The van der Waals surface area contributed by atoms with Gasteiger partial charge in [0, 0.05) is 17.9 Å². The van der Waals surface area contributed by atoms with Gasteiger partial charge >= 0.3 is 6.03 Å². The van der Waals surface area contributed by atoms with Crippen LogP contribution in [0.1, 0.15) is 32.1 Å². The van der Waals surface area contributed by atoms with E-state index in [4.69, 9.17) is 0 Å². The van der Waals surface area contributed by atoms with Crippen molar-refractivity contribution in [2.75, 3.05) is 5.32 Å². The third-order valence-electron chi connectivity index (χ3n) is 3.89. The van der Waals surface area contributed by atoms with Crippen molar-refractivity contribution in [3.05, 3.63) is 36.5 Å². The quantitative estimate of drug-likeness (QED) is 0.807. The third-order valence-corrected chi connectivity index (χ3v) is 3.89. The van der Waals surface area contributed by atoms with Gasteiger partial charge < -0.3 is 10.6 Å². The van der Waals surface area contributed by atoms with Crippen LogP contribution >= 0.6 is 0 Å². The summed E-state index contributed by atoms with van der Waals surface area (Å²) in [5, 5.41) is 12.8. The molecule has 0 bridgehead atoms. The number of anilines is 1. The highest BCUT2D eigenvalue weighted by atomic mass is 16.2. The Kier molecular flexibility index (Phi) is 4.19. The number of rotatable bonds is 3. The highest BCUT2D eigenvalue weighted by molar-refractivity contribution is 5.89. The molecule has 1 fully saturated rings. The molecule has 1 aliphatic rings. The molecule has 5 heteroatoms. The maximum atomic E-state index is 12.0. The summed E-state index contributed by atoms with van der Waals surface area (Å²) in [6, 6.07) is 9.85. The molecule has 1 aromatic heterocycles. The second-order valence-corrected chi connectivity index (χ2v) is 5.48. The molecule has 1 saturated carbocycles. The number of amides is 2. The van der Waals surface area contributed by atoms with Crippen molar-refractivity contribution in [1.29, 1.82) is 0 Å². The lowest BCUT2D eigenvalue weighted by Gasteiger charge is -2.22. The van der Waals surface area contributed by atoms with E-state index in [9.17, 15) is 4.79 Å². The van der Waals surface area contributed by atoms with Crippen LogP contribution in [0.5, 0.6) is 0 Å². The Morgan fingerprint density at radius 1 is 1.10 bits per heavy atom. The molecule has 0 aliphatic heterocycles. The summed E-state index contributed by atoms with van der Waals surface area (Å²) in [6.07, 6.45) is 7.61. The van der Waals surface area contributed by atoms with E-state index in [1.54, 1.807) is 6.20 Å². The van der Waals surface area contributed by atoms with Crippen molar-refractivity contribution in [3.8, 4) is 11.3 Å². The highest BCUT2D eigenvalue weighted by Crippen LogP contribution is 2.20. The molecular formula is C16H20N4O. The van der Waals surface area contributed by atoms with E-state index in [0.29, 0.717) is 6.04 Å². The Bertz CT molecular complexity index is 571. The molecule has 0 saturated heterocycles. The van der Waals surface area contributed by atoms with E-state index >= 15 is 0 Å². The van der Waals surface area contributed by atoms with Gasteiger partial charge in [-0.15, -0.1) is 0 Å². The summed E-state index contributed by atoms with van der Waals surface area (Å²) in [6.45, 7) is 0. The zero-order valence-electron chi connectivity index (χ0n) is 11.9. The summed E-state index contributed by atoms with van der Waals surface area (Å²) >= 11 is 0. The van der Waals surface area contributed by atoms with Crippen LogP contribution in [0.2, 0.25) is 0 Å². The maximum Gasteiger partial charge on any atom is 0.319 e. The topological polar surface area (TPSA) is 69.8 Å². The minimum Gasteiger partial charge on any atom is -0.335 e. The fourth-order valence-corrected chi connectivity index (χ4v) is 2.75. The third kappa shape index (κ3) is 3.62. The van der Waals surface area contributed by atoms with Crippen LogP contribution in [0.15, 0.2) is 36.5 Å². The lowest BCUT2D eigenvalue weighted by molar-refractivity contribution is 0.244. The van der Waals surface area contributed by atoms with Crippen LogP contribution in [0, 0.1) is 0 Å². The van der Waals surface area contributed by atoms with E-state index in [-0.39, 0.29) is 6.03 Å². The standard InChI is InChI=1S/C16H20N4O/c21-16(18-13-4-2-1-3-5-13)19-14-8-6-12(7-9-14)15-10-11-17-20-15/h6-11,13H,1-5H2,(H,17,20)(H2,18,19,21). The molecular weight excluding hydrogens is 264 g/mol. The number of urea groups is 1. The predicted molar refractivity (Wildman–Crippen MR) is 83.1 cm³/mol. The van der Waals surface area contributed by atoms with Crippen molar-refractivity contribution < 1.29 is 4.79 Å². The first kappa shape index (κ1) is 13.7. The highest BCUT2D eigenvalue weighted by Gasteiger charge is 2.15. The Labute approximate surface area is 124 Å². The molecule has 2 aromatic rings. The molecule has 0 atom stereocenters. The van der Waals surface area contributed by atoms with E-state index in [1.807, 2.05) is 30.3 Å². The zero-order valence-corrected chi connectivity index (χ0v) is 11.9. The van der Waals surface area contributed by atoms with Crippen LogP contribution < -0.4 is 10.6 Å². The van der Waals surface area contributed by atoms with Gasteiger partial charge in [0.2, 0.25) is 0 Å². The molecule has 5 nitrogen and oxygen atoms in total. The van der Waals surface area contributed by atoms with E-state index < -0.39 is 0 Å². The van der Waals surface area contributed by atoms with Crippen LogP contribution in [-0.2, 0) is 0 Å². The lowest BCUT2D eigenvalue weighted by Crippen LogP contribution is -2.38. The number of aromatic amines is 1. The van der Waals surface area contributed by atoms with Crippen molar-refractivity contribution in [3.63, 3.8) is 0 Å². The number of aromatic nitrogens is 2. The molecule has 1 aromatic carbocycles. The number of nitrogens with zero attached hydrogens (tertiary/aromatic N) is 1. The van der Waals surface area contributed by atoms with Crippen LogP contribution in [-0.4, -0.2) is 22.3 Å². The minimum atomic E-state index is -0.115. The lowest BCUT2D eigenvalue weighted by atomic mass is 9.96. The molecule has 0 radical (unpaired) electrons. The van der Waals surface area contributed by atoms with E-state index in [0.717, 1.165) is 29.8 Å². The summed E-state index contributed by atoms with van der Waals surface area (Å²) in [7, 11) is 0. The summed E-state index contributed by atoms with van der Waals surface area (Å²) in [5.74, 6) is 0. The average molecular weight is 284 g/mol. The van der Waals surface area contributed by atoms with Gasteiger partial charge in [0.15, 0.2) is 0 Å². The maximum absolute atomic E-state index is 12.0. The zero-order chi connectivity index (χ0) is 14.5. The molecule has 0 spiro atoms. The van der Waals surface area contributed by atoms with Crippen molar-refractivity contribution in [2.24, 2.45) is 0 Å². The number of carbonyl (C=O) groups is 1. The van der Waals surface area contributed by atoms with Gasteiger partial charge in [0.1, 0.15) is 0 Å². The molecule has 110 valence electrons. The van der Waals surface area contributed by atoms with Crippen molar-refractivity contribution in [2.45, 2.75) is 38.1 Å². The second kappa shape index (κ2) is 6.43. The smallest absolute Gasteiger partial charge is 0.319 e. The van der Waals surface area contributed by atoms with Gasteiger partial charge in [-0.1, -0.05) is 31.4 Å². The Morgan fingerprint density at radius 2 is 1.86 bits per heavy atom. The van der Waals surface area contributed by atoms with E-state index in [1.165, 1.54) is 19.3 Å². The number of carbonyl (C=O) groups excluding carboxylic acids is 1. The fraction of sp³-hybridized carbons (Fsp3) is 0.375. The summed E-state index contributed by atoms with van der Waals surface area (Å²) in [5.41, 5.74) is 2.81. The summed E-state index contributed by atoms with van der Waals surface area (Å²) < 4.78 is 0. The second-order valence-electron chi connectivity index (χ2n) is 5.48. The largest absolute Gasteiger partial charge is 0.335 e. The monoisotopic (exact) mass is 284 g/mol. The van der Waals surface area contributed by atoms with Crippen LogP contribution in [0.25, 0.3) is 11.3 Å². The molecule has 3 N–H and O–H groups in total. The van der Waals surface area contributed by atoms with Crippen molar-refractivity contribution >= 4 is 11.7 Å². The summed E-state index contributed by atoms with van der Waals surface area (Å²) in [4.78, 5) is 12.0. The first-order valence-corrected chi connectivity index (χ1v) is 7.48. The number of benzene rings is 1. The number of hydrogen-bond acceptors (Lipinski definition) is 2. The first-order chi connectivity index (χ1) is 10.3. The van der Waals surface area contributed by atoms with Crippen LogP contribution in [0.4, 0.5) is 10.5 Å². The number of hydrogen-bond donors (Lipinski definition) is 3. The molecule has 21 heavy (non-hydrogen) atoms.